The molecule has 7 nitrogen and oxygen atoms in total. The highest BCUT2D eigenvalue weighted by Crippen LogP contribution is 2.21. The monoisotopic (exact) mass is 312 g/mol. The van der Waals surface area contributed by atoms with E-state index in [-0.39, 0.29) is 11.6 Å². The number of aromatic nitrogens is 5. The van der Waals surface area contributed by atoms with E-state index in [9.17, 15) is 4.79 Å². The SMILES string of the molecule is CC(Nc1cnn(C)c(=O)c1Br)c1nncn1C. The standard InChI is InChI=1S/C10H13BrN6O/c1-6(9-15-12-5-16(9)2)14-7-4-13-17(3)10(18)8(7)11/h4-6,14H,1-3H3. The number of rotatable bonds is 3. The van der Waals surface area contributed by atoms with Gasteiger partial charge in [0.05, 0.1) is 17.9 Å². The molecule has 8 heteroatoms. The van der Waals surface area contributed by atoms with Crippen molar-refractivity contribution < 1.29 is 0 Å². The lowest BCUT2D eigenvalue weighted by Gasteiger charge is -2.15. The Kier molecular flexibility index (Phi) is 3.46. The molecular formula is C10H13BrN6O. The van der Waals surface area contributed by atoms with Gasteiger partial charge in [-0.1, -0.05) is 0 Å². The minimum atomic E-state index is -0.190. The average Bonchev–Trinajstić information content (AvgIpc) is 2.76. The van der Waals surface area contributed by atoms with Crippen LogP contribution in [0.15, 0.2) is 21.8 Å². The molecule has 0 spiro atoms. The van der Waals surface area contributed by atoms with E-state index in [4.69, 9.17) is 0 Å². The Hall–Kier alpha value is -1.70. The fourth-order valence-electron chi connectivity index (χ4n) is 1.59. The van der Waals surface area contributed by atoms with Crippen molar-refractivity contribution in [2.45, 2.75) is 13.0 Å². The summed E-state index contributed by atoms with van der Waals surface area (Å²) in [5.41, 5.74) is 0.443. The van der Waals surface area contributed by atoms with Crippen molar-refractivity contribution in [3.8, 4) is 0 Å². The predicted octanol–water partition coefficient (Wildman–Crippen LogP) is 0.844. The molecule has 0 aliphatic rings. The van der Waals surface area contributed by atoms with Crippen molar-refractivity contribution in [2.24, 2.45) is 14.1 Å². The van der Waals surface area contributed by atoms with Crippen LogP contribution in [0.2, 0.25) is 0 Å². The Bertz CT molecular complexity index is 619. The number of hydrogen-bond acceptors (Lipinski definition) is 5. The molecule has 1 unspecified atom stereocenters. The Labute approximate surface area is 112 Å². The molecule has 2 rings (SSSR count). The van der Waals surface area contributed by atoms with Gasteiger partial charge in [0, 0.05) is 14.1 Å². The second-order valence-electron chi connectivity index (χ2n) is 3.97. The number of nitrogens with one attached hydrogen (secondary N) is 1. The van der Waals surface area contributed by atoms with E-state index in [0.717, 1.165) is 5.82 Å². The third-order valence-corrected chi connectivity index (χ3v) is 3.35. The average molecular weight is 313 g/mol. The Morgan fingerprint density at radius 1 is 1.44 bits per heavy atom. The summed E-state index contributed by atoms with van der Waals surface area (Å²) in [6, 6.07) is -0.0808. The molecule has 0 saturated carbocycles. The van der Waals surface area contributed by atoms with Crippen molar-refractivity contribution in [2.75, 3.05) is 5.32 Å². The number of halogens is 1. The van der Waals surface area contributed by atoms with Gasteiger partial charge in [-0.2, -0.15) is 5.10 Å². The van der Waals surface area contributed by atoms with E-state index in [1.54, 1.807) is 19.6 Å². The fraction of sp³-hybridized carbons (Fsp3) is 0.400. The molecule has 96 valence electrons. The molecule has 1 atom stereocenters. The number of hydrogen-bond donors (Lipinski definition) is 1. The van der Waals surface area contributed by atoms with E-state index >= 15 is 0 Å². The van der Waals surface area contributed by atoms with Crippen LogP contribution in [0.5, 0.6) is 0 Å². The quantitative estimate of drug-likeness (QED) is 0.909. The first-order valence-corrected chi connectivity index (χ1v) is 6.12. The van der Waals surface area contributed by atoms with Gasteiger partial charge >= 0.3 is 0 Å². The maximum atomic E-state index is 11.7. The number of anilines is 1. The zero-order valence-corrected chi connectivity index (χ0v) is 11.8. The van der Waals surface area contributed by atoms with Crippen molar-refractivity contribution in [3.63, 3.8) is 0 Å². The fourth-order valence-corrected chi connectivity index (χ4v) is 2.07. The molecule has 2 heterocycles. The first-order valence-electron chi connectivity index (χ1n) is 5.33. The summed E-state index contributed by atoms with van der Waals surface area (Å²) >= 11 is 3.26. The van der Waals surface area contributed by atoms with Crippen LogP contribution in [0, 0.1) is 0 Å². The highest BCUT2D eigenvalue weighted by atomic mass is 79.9. The summed E-state index contributed by atoms with van der Waals surface area (Å²) in [7, 11) is 3.47. The Balaban J connectivity index is 2.28. The zero-order chi connectivity index (χ0) is 13.3. The molecule has 1 N–H and O–H groups in total. The molecule has 0 saturated heterocycles. The van der Waals surface area contributed by atoms with Crippen LogP contribution < -0.4 is 10.9 Å². The van der Waals surface area contributed by atoms with E-state index in [2.05, 4.69) is 36.5 Å². The summed E-state index contributed by atoms with van der Waals surface area (Å²) in [6.45, 7) is 1.94. The first-order chi connectivity index (χ1) is 8.50. The molecule has 0 fully saturated rings. The summed E-state index contributed by atoms with van der Waals surface area (Å²) in [5.74, 6) is 0.780. The lowest BCUT2D eigenvalue weighted by Crippen LogP contribution is -2.22. The van der Waals surface area contributed by atoms with E-state index < -0.39 is 0 Å². The molecule has 0 aromatic carbocycles. The third-order valence-electron chi connectivity index (χ3n) is 2.58. The van der Waals surface area contributed by atoms with Gasteiger partial charge in [-0.25, -0.2) is 4.68 Å². The van der Waals surface area contributed by atoms with Crippen LogP contribution in [0.25, 0.3) is 0 Å². The lowest BCUT2D eigenvalue weighted by atomic mass is 10.3. The van der Waals surface area contributed by atoms with Crippen LogP contribution in [-0.4, -0.2) is 24.5 Å². The van der Waals surface area contributed by atoms with Gasteiger partial charge in [-0.15, -0.1) is 10.2 Å². The first kappa shape index (κ1) is 12.7. The van der Waals surface area contributed by atoms with Crippen LogP contribution in [0.3, 0.4) is 0 Å². The molecule has 0 aliphatic heterocycles. The Morgan fingerprint density at radius 2 is 2.17 bits per heavy atom. The second-order valence-corrected chi connectivity index (χ2v) is 4.76. The molecular weight excluding hydrogens is 300 g/mol. The molecule has 2 aromatic heterocycles. The van der Waals surface area contributed by atoms with Crippen LogP contribution in [0.4, 0.5) is 5.69 Å². The predicted molar refractivity (Wildman–Crippen MR) is 70.2 cm³/mol. The van der Waals surface area contributed by atoms with Gasteiger partial charge in [0.1, 0.15) is 10.8 Å². The summed E-state index contributed by atoms with van der Waals surface area (Å²) in [4.78, 5) is 11.7. The van der Waals surface area contributed by atoms with Crippen LogP contribution in [0.1, 0.15) is 18.8 Å². The minimum absolute atomic E-state index is 0.0808. The number of aryl methyl sites for hydroxylation is 2. The van der Waals surface area contributed by atoms with E-state index in [1.165, 1.54) is 4.68 Å². The molecule has 0 radical (unpaired) electrons. The van der Waals surface area contributed by atoms with Gasteiger partial charge in [0.15, 0.2) is 5.82 Å². The van der Waals surface area contributed by atoms with Gasteiger partial charge in [0.2, 0.25) is 0 Å². The van der Waals surface area contributed by atoms with Crippen LogP contribution in [-0.2, 0) is 14.1 Å². The van der Waals surface area contributed by atoms with Crippen molar-refractivity contribution >= 4 is 21.6 Å². The maximum absolute atomic E-state index is 11.7. The van der Waals surface area contributed by atoms with Crippen molar-refractivity contribution in [1.29, 1.82) is 0 Å². The van der Waals surface area contributed by atoms with Crippen molar-refractivity contribution in [3.05, 3.63) is 33.2 Å². The third kappa shape index (κ3) is 2.28. The molecule has 0 aliphatic carbocycles. The second kappa shape index (κ2) is 4.89. The largest absolute Gasteiger partial charge is 0.373 e. The summed E-state index contributed by atoms with van der Waals surface area (Å²) < 4.78 is 3.54. The van der Waals surface area contributed by atoms with Crippen LogP contribution >= 0.6 is 15.9 Å². The van der Waals surface area contributed by atoms with Crippen molar-refractivity contribution in [1.82, 2.24) is 24.5 Å². The number of nitrogens with zero attached hydrogens (tertiary/aromatic N) is 5. The highest BCUT2D eigenvalue weighted by Gasteiger charge is 2.14. The lowest BCUT2D eigenvalue weighted by molar-refractivity contribution is 0.691. The summed E-state index contributed by atoms with van der Waals surface area (Å²) in [6.07, 6.45) is 3.23. The molecule has 18 heavy (non-hydrogen) atoms. The highest BCUT2D eigenvalue weighted by molar-refractivity contribution is 9.10. The normalized spacial score (nSPS) is 12.4. The molecule has 0 bridgehead atoms. The Morgan fingerprint density at radius 3 is 2.78 bits per heavy atom. The zero-order valence-electron chi connectivity index (χ0n) is 10.3. The van der Waals surface area contributed by atoms with Gasteiger partial charge < -0.3 is 9.88 Å². The van der Waals surface area contributed by atoms with Gasteiger partial charge in [0.25, 0.3) is 5.56 Å². The van der Waals surface area contributed by atoms with E-state index in [0.29, 0.717) is 10.2 Å². The molecule has 0 amide bonds. The van der Waals surface area contributed by atoms with Gasteiger partial charge in [-0.3, -0.25) is 4.79 Å². The van der Waals surface area contributed by atoms with Gasteiger partial charge in [-0.05, 0) is 22.9 Å². The maximum Gasteiger partial charge on any atom is 0.282 e. The summed E-state index contributed by atoms with van der Waals surface area (Å²) in [5, 5.41) is 15.0. The minimum Gasteiger partial charge on any atom is -0.373 e. The van der Waals surface area contributed by atoms with E-state index in [1.807, 2.05) is 18.5 Å². The smallest absolute Gasteiger partial charge is 0.282 e. The molecule has 2 aromatic rings. The topological polar surface area (TPSA) is 77.6 Å².